The van der Waals surface area contributed by atoms with Crippen LogP contribution in [-0.2, 0) is 0 Å². The second-order valence-corrected chi connectivity index (χ2v) is 4.09. The van der Waals surface area contributed by atoms with Gasteiger partial charge in [0.2, 0.25) is 0 Å². The Labute approximate surface area is 114 Å². The van der Waals surface area contributed by atoms with Crippen molar-refractivity contribution in [3.8, 4) is 5.75 Å². The highest BCUT2D eigenvalue weighted by atomic mass is 16.4. The number of carbonyl (C=O) groups is 2. The highest BCUT2D eigenvalue weighted by Gasteiger charge is 2.16. The maximum Gasteiger partial charge on any atom is 0.354 e. The Morgan fingerprint density at radius 1 is 1.05 bits per heavy atom. The van der Waals surface area contributed by atoms with E-state index in [1.165, 1.54) is 35.2 Å². The number of nitrogens with zero attached hydrogens (tertiary/aromatic N) is 2. The summed E-state index contributed by atoms with van der Waals surface area (Å²) in [6.45, 7) is 0. The number of carboxylic acids is 1. The van der Waals surface area contributed by atoms with Gasteiger partial charge in [-0.3, -0.25) is 4.79 Å². The van der Waals surface area contributed by atoms with Gasteiger partial charge in [0, 0.05) is 12.7 Å². The summed E-state index contributed by atoms with van der Waals surface area (Å²) in [6.07, 6.45) is 0. The van der Waals surface area contributed by atoms with Crippen molar-refractivity contribution in [1.29, 1.82) is 0 Å². The molecule has 1 aromatic carbocycles. The fourth-order valence-corrected chi connectivity index (χ4v) is 1.64. The second-order valence-electron chi connectivity index (χ2n) is 4.09. The Kier molecular flexibility index (Phi) is 3.65. The zero-order valence-electron chi connectivity index (χ0n) is 10.6. The predicted molar refractivity (Wildman–Crippen MR) is 72.0 cm³/mol. The zero-order chi connectivity index (χ0) is 14.7. The summed E-state index contributed by atoms with van der Waals surface area (Å²) < 4.78 is 0. The molecule has 1 amide bonds. The van der Waals surface area contributed by atoms with Crippen LogP contribution in [0.15, 0.2) is 42.5 Å². The molecule has 0 aliphatic rings. The number of rotatable bonds is 3. The van der Waals surface area contributed by atoms with Crippen molar-refractivity contribution in [1.82, 2.24) is 4.98 Å². The molecule has 0 aliphatic heterocycles. The number of carbonyl (C=O) groups excluding carboxylic acids is 1. The average Bonchev–Trinajstić information content (AvgIpc) is 2.46. The minimum absolute atomic E-state index is 0.0421. The summed E-state index contributed by atoms with van der Waals surface area (Å²) in [4.78, 5) is 28.2. The lowest BCUT2D eigenvalue weighted by molar-refractivity contribution is 0.0690. The topological polar surface area (TPSA) is 90.7 Å². The van der Waals surface area contributed by atoms with Crippen LogP contribution in [-0.4, -0.2) is 34.1 Å². The van der Waals surface area contributed by atoms with Crippen molar-refractivity contribution in [2.75, 3.05) is 11.9 Å². The van der Waals surface area contributed by atoms with Crippen LogP contribution in [0.25, 0.3) is 0 Å². The molecule has 0 saturated heterocycles. The molecule has 0 saturated carbocycles. The number of benzene rings is 1. The number of aromatic hydroxyl groups is 1. The molecule has 6 heteroatoms. The van der Waals surface area contributed by atoms with E-state index in [-0.39, 0.29) is 17.1 Å². The lowest BCUT2D eigenvalue weighted by Gasteiger charge is -2.17. The van der Waals surface area contributed by atoms with E-state index in [0.717, 1.165) is 0 Å². The van der Waals surface area contributed by atoms with Gasteiger partial charge < -0.3 is 15.1 Å². The molecule has 102 valence electrons. The lowest BCUT2D eigenvalue weighted by atomic mass is 10.2. The van der Waals surface area contributed by atoms with Crippen LogP contribution >= 0.6 is 0 Å². The SMILES string of the molecule is CN(C(=O)c1cccc(C(=O)O)n1)c1ccc(O)cc1. The van der Waals surface area contributed by atoms with Crippen LogP contribution in [0.2, 0.25) is 0 Å². The predicted octanol–water partition coefficient (Wildman–Crippen LogP) is 1.76. The number of aromatic carboxylic acids is 1. The van der Waals surface area contributed by atoms with Gasteiger partial charge in [-0.2, -0.15) is 0 Å². The number of phenols is 1. The van der Waals surface area contributed by atoms with E-state index in [9.17, 15) is 14.7 Å². The largest absolute Gasteiger partial charge is 0.508 e. The zero-order valence-corrected chi connectivity index (χ0v) is 10.6. The number of hydrogen-bond donors (Lipinski definition) is 2. The highest BCUT2D eigenvalue weighted by Crippen LogP contribution is 2.18. The van der Waals surface area contributed by atoms with Crippen molar-refractivity contribution in [3.05, 3.63) is 53.9 Å². The van der Waals surface area contributed by atoms with Crippen molar-refractivity contribution < 1.29 is 19.8 Å². The first-order valence-corrected chi connectivity index (χ1v) is 5.76. The molecule has 0 aliphatic carbocycles. The maximum atomic E-state index is 12.2. The molecule has 2 N–H and O–H groups in total. The number of hydrogen-bond acceptors (Lipinski definition) is 4. The van der Waals surface area contributed by atoms with Gasteiger partial charge in [0.05, 0.1) is 0 Å². The molecule has 6 nitrogen and oxygen atoms in total. The Morgan fingerprint density at radius 3 is 2.25 bits per heavy atom. The molecule has 0 atom stereocenters. The van der Waals surface area contributed by atoms with Gasteiger partial charge in [-0.1, -0.05) is 6.07 Å². The fourth-order valence-electron chi connectivity index (χ4n) is 1.64. The molecule has 2 rings (SSSR count). The van der Waals surface area contributed by atoms with E-state index in [1.807, 2.05) is 0 Å². The number of aromatic nitrogens is 1. The third-order valence-corrected chi connectivity index (χ3v) is 2.73. The number of pyridine rings is 1. The first kappa shape index (κ1) is 13.5. The summed E-state index contributed by atoms with van der Waals surface area (Å²) in [5, 5.41) is 18.1. The van der Waals surface area contributed by atoms with Gasteiger partial charge >= 0.3 is 5.97 Å². The van der Waals surface area contributed by atoms with Crippen molar-refractivity contribution in [2.24, 2.45) is 0 Å². The standard InChI is InChI=1S/C14H12N2O4/c1-16(9-5-7-10(17)8-6-9)13(18)11-3-2-4-12(15-11)14(19)20/h2-8,17H,1H3,(H,19,20). The fraction of sp³-hybridized carbons (Fsp3) is 0.0714. The van der Waals surface area contributed by atoms with Crippen LogP contribution in [0.4, 0.5) is 5.69 Å². The number of amides is 1. The van der Waals surface area contributed by atoms with E-state index >= 15 is 0 Å². The van der Waals surface area contributed by atoms with Crippen molar-refractivity contribution in [2.45, 2.75) is 0 Å². The minimum atomic E-state index is -1.19. The monoisotopic (exact) mass is 272 g/mol. The molecule has 1 aromatic heterocycles. The average molecular weight is 272 g/mol. The molecule has 1 heterocycles. The smallest absolute Gasteiger partial charge is 0.354 e. The first-order chi connectivity index (χ1) is 9.49. The summed E-state index contributed by atoms with van der Waals surface area (Å²) in [6, 6.07) is 10.3. The quantitative estimate of drug-likeness (QED) is 0.888. The number of carboxylic acid groups (broad SMARTS) is 1. The Balaban J connectivity index is 2.28. The Bertz CT molecular complexity index is 652. The van der Waals surface area contributed by atoms with E-state index in [4.69, 9.17) is 5.11 Å². The first-order valence-electron chi connectivity index (χ1n) is 5.76. The molecule has 0 bridgehead atoms. The van der Waals surface area contributed by atoms with Crippen LogP contribution in [0.5, 0.6) is 5.75 Å². The summed E-state index contributed by atoms with van der Waals surface area (Å²) in [5.74, 6) is -1.52. The maximum absolute atomic E-state index is 12.2. The van der Waals surface area contributed by atoms with E-state index in [2.05, 4.69) is 4.98 Å². The lowest BCUT2D eigenvalue weighted by Crippen LogP contribution is -2.27. The van der Waals surface area contributed by atoms with Gasteiger partial charge in [-0.15, -0.1) is 0 Å². The number of anilines is 1. The molecule has 2 aromatic rings. The molecule has 0 spiro atoms. The Morgan fingerprint density at radius 2 is 1.65 bits per heavy atom. The van der Waals surface area contributed by atoms with Gasteiger partial charge in [0.15, 0.2) is 0 Å². The van der Waals surface area contributed by atoms with Crippen molar-refractivity contribution >= 4 is 17.6 Å². The van der Waals surface area contributed by atoms with Crippen LogP contribution in [0.3, 0.4) is 0 Å². The Hall–Kier alpha value is -2.89. The third kappa shape index (κ3) is 2.74. The number of phenolic OH excluding ortho intramolecular Hbond substituents is 1. The van der Waals surface area contributed by atoms with Crippen LogP contribution in [0.1, 0.15) is 21.0 Å². The molecule has 20 heavy (non-hydrogen) atoms. The van der Waals surface area contributed by atoms with E-state index in [1.54, 1.807) is 19.2 Å². The van der Waals surface area contributed by atoms with E-state index < -0.39 is 11.9 Å². The third-order valence-electron chi connectivity index (χ3n) is 2.73. The van der Waals surface area contributed by atoms with E-state index in [0.29, 0.717) is 5.69 Å². The summed E-state index contributed by atoms with van der Waals surface area (Å²) in [5.41, 5.74) is 0.422. The second kappa shape index (κ2) is 5.40. The van der Waals surface area contributed by atoms with Crippen molar-refractivity contribution in [3.63, 3.8) is 0 Å². The molecular formula is C14H12N2O4. The molecule has 0 radical (unpaired) electrons. The van der Waals surface area contributed by atoms with Gasteiger partial charge in [0.25, 0.3) is 5.91 Å². The summed E-state index contributed by atoms with van der Waals surface area (Å²) in [7, 11) is 1.55. The molecular weight excluding hydrogens is 260 g/mol. The molecule has 0 unspecified atom stereocenters. The normalized spacial score (nSPS) is 10.1. The summed E-state index contributed by atoms with van der Waals surface area (Å²) >= 11 is 0. The van der Waals surface area contributed by atoms with Gasteiger partial charge in [-0.05, 0) is 36.4 Å². The minimum Gasteiger partial charge on any atom is -0.508 e. The van der Waals surface area contributed by atoms with Gasteiger partial charge in [-0.25, -0.2) is 9.78 Å². The van der Waals surface area contributed by atoms with Crippen LogP contribution in [0, 0.1) is 0 Å². The van der Waals surface area contributed by atoms with Crippen LogP contribution < -0.4 is 4.90 Å². The highest BCUT2D eigenvalue weighted by molar-refractivity contribution is 6.04. The van der Waals surface area contributed by atoms with Gasteiger partial charge in [0.1, 0.15) is 17.1 Å². The molecule has 0 fully saturated rings.